The van der Waals surface area contributed by atoms with Crippen molar-refractivity contribution in [2.75, 3.05) is 7.11 Å². The van der Waals surface area contributed by atoms with E-state index in [9.17, 15) is 19.5 Å². The van der Waals surface area contributed by atoms with E-state index >= 15 is 0 Å². The normalized spacial score (nSPS) is 12.6. The monoisotopic (exact) mass is 352 g/mol. The first-order valence-electron chi connectivity index (χ1n) is 8.54. The molecule has 0 atom stereocenters. The summed E-state index contributed by atoms with van der Waals surface area (Å²) in [6, 6.07) is 6.48. The summed E-state index contributed by atoms with van der Waals surface area (Å²) in [4.78, 5) is 37.6. The molecule has 0 aromatic heterocycles. The maximum absolute atomic E-state index is 13.1. The molecule has 3 rings (SSSR count). The Morgan fingerprint density at radius 3 is 2.50 bits per heavy atom. The zero-order chi connectivity index (χ0) is 19.0. The van der Waals surface area contributed by atoms with Crippen LogP contribution in [0.15, 0.2) is 24.3 Å². The highest BCUT2D eigenvalue weighted by Crippen LogP contribution is 2.39. The van der Waals surface area contributed by atoms with Crippen LogP contribution in [0, 0.1) is 6.92 Å². The number of carbonyl (C=O) groups excluding carboxylic acids is 3. The van der Waals surface area contributed by atoms with Crippen molar-refractivity contribution >= 4 is 17.3 Å². The van der Waals surface area contributed by atoms with Gasteiger partial charge in [-0.05, 0) is 36.6 Å². The van der Waals surface area contributed by atoms with Crippen LogP contribution in [0.2, 0.25) is 0 Å². The lowest BCUT2D eigenvalue weighted by Crippen LogP contribution is -2.23. The lowest BCUT2D eigenvalue weighted by Gasteiger charge is -2.22. The van der Waals surface area contributed by atoms with Crippen LogP contribution >= 0.6 is 0 Å². The molecule has 5 heteroatoms. The number of fused-ring (bicyclic) bond motifs is 2. The molecule has 1 N–H and O–H groups in total. The smallest absolute Gasteiger partial charge is 0.201 e. The van der Waals surface area contributed by atoms with E-state index in [0.717, 1.165) is 0 Å². The molecule has 2 aromatic carbocycles. The lowest BCUT2D eigenvalue weighted by molar-refractivity contribution is -0.118. The van der Waals surface area contributed by atoms with E-state index in [2.05, 4.69) is 0 Å². The molecule has 0 radical (unpaired) electrons. The molecule has 1 aliphatic rings. The fraction of sp³-hybridized carbons (Fsp3) is 0.286. The van der Waals surface area contributed by atoms with Crippen LogP contribution in [0.5, 0.6) is 11.5 Å². The Morgan fingerprint density at radius 1 is 1.12 bits per heavy atom. The van der Waals surface area contributed by atoms with Gasteiger partial charge in [-0.3, -0.25) is 14.4 Å². The lowest BCUT2D eigenvalue weighted by atomic mass is 9.80. The van der Waals surface area contributed by atoms with E-state index in [1.165, 1.54) is 7.11 Å². The van der Waals surface area contributed by atoms with Crippen LogP contribution in [0.25, 0.3) is 0 Å². The van der Waals surface area contributed by atoms with Gasteiger partial charge in [0.05, 0.1) is 18.2 Å². The largest absolute Gasteiger partial charge is 0.507 e. The van der Waals surface area contributed by atoms with Gasteiger partial charge >= 0.3 is 0 Å². The number of ketones is 3. The molecule has 0 unspecified atom stereocenters. The highest BCUT2D eigenvalue weighted by atomic mass is 16.5. The number of aromatic hydroxyl groups is 1. The first-order chi connectivity index (χ1) is 12.4. The van der Waals surface area contributed by atoms with E-state index in [4.69, 9.17) is 4.74 Å². The molecule has 0 aliphatic heterocycles. The second-order valence-electron chi connectivity index (χ2n) is 6.38. The SMILES string of the molecule is CCC(=O)CCc1c(C)cc2c(c1O)C(=O)c1c(OC)cccc1C2=O. The number of aryl methyl sites for hydroxylation is 1. The van der Waals surface area contributed by atoms with E-state index in [-0.39, 0.29) is 46.0 Å². The fourth-order valence-corrected chi connectivity index (χ4v) is 3.40. The van der Waals surface area contributed by atoms with E-state index < -0.39 is 5.78 Å². The summed E-state index contributed by atoms with van der Waals surface area (Å²) in [7, 11) is 1.43. The third kappa shape index (κ3) is 2.69. The molecule has 0 bridgehead atoms. The number of benzene rings is 2. The van der Waals surface area contributed by atoms with Crippen molar-refractivity contribution in [2.45, 2.75) is 33.1 Å². The molecule has 2 aromatic rings. The summed E-state index contributed by atoms with van der Waals surface area (Å²) >= 11 is 0. The number of hydrogen-bond acceptors (Lipinski definition) is 5. The summed E-state index contributed by atoms with van der Waals surface area (Å²) in [6.45, 7) is 3.55. The number of ether oxygens (including phenoxy) is 1. The standard InChI is InChI=1S/C21H20O5/c1-4-12(22)8-9-13-11(2)10-15-18(20(13)24)21(25)17-14(19(15)23)6-5-7-16(17)26-3/h5-7,10,24H,4,8-9H2,1-3H3. The van der Waals surface area contributed by atoms with Crippen LogP contribution in [-0.4, -0.2) is 29.6 Å². The van der Waals surface area contributed by atoms with Gasteiger partial charge in [0.15, 0.2) is 5.78 Å². The van der Waals surface area contributed by atoms with Crippen molar-refractivity contribution in [3.8, 4) is 11.5 Å². The number of Topliss-reactive ketones (excluding diaryl/α,β-unsaturated/α-hetero) is 1. The molecule has 0 spiro atoms. The molecular formula is C21H20O5. The zero-order valence-corrected chi connectivity index (χ0v) is 15.0. The van der Waals surface area contributed by atoms with Gasteiger partial charge in [-0.25, -0.2) is 0 Å². The summed E-state index contributed by atoms with van der Waals surface area (Å²) < 4.78 is 5.23. The first kappa shape index (κ1) is 17.9. The highest BCUT2D eigenvalue weighted by molar-refractivity contribution is 6.30. The number of hydrogen-bond donors (Lipinski definition) is 1. The number of phenols is 1. The molecule has 0 fully saturated rings. The Hall–Kier alpha value is -2.95. The molecular weight excluding hydrogens is 332 g/mol. The topological polar surface area (TPSA) is 80.7 Å². The van der Waals surface area contributed by atoms with Gasteiger partial charge in [-0.15, -0.1) is 0 Å². The molecule has 1 aliphatic carbocycles. The summed E-state index contributed by atoms with van der Waals surface area (Å²) in [5.41, 5.74) is 1.85. The fourth-order valence-electron chi connectivity index (χ4n) is 3.40. The summed E-state index contributed by atoms with van der Waals surface area (Å²) in [5.74, 6) is -0.584. The average molecular weight is 352 g/mol. The third-order valence-electron chi connectivity index (χ3n) is 4.87. The summed E-state index contributed by atoms with van der Waals surface area (Å²) in [6.07, 6.45) is 1.04. The van der Waals surface area contributed by atoms with Crippen molar-refractivity contribution < 1.29 is 24.2 Å². The maximum Gasteiger partial charge on any atom is 0.201 e. The Balaban J connectivity index is 2.17. The van der Waals surface area contributed by atoms with Gasteiger partial charge in [0, 0.05) is 24.0 Å². The van der Waals surface area contributed by atoms with Crippen LogP contribution in [0.1, 0.15) is 62.7 Å². The average Bonchev–Trinajstić information content (AvgIpc) is 2.64. The predicted octanol–water partition coefficient (Wildman–Crippen LogP) is 3.40. The molecule has 0 saturated heterocycles. The van der Waals surface area contributed by atoms with Gasteiger partial charge in [0.1, 0.15) is 17.3 Å². The number of phenolic OH excluding ortho intramolecular Hbond substituents is 1. The van der Waals surface area contributed by atoms with Crippen LogP contribution < -0.4 is 4.74 Å². The van der Waals surface area contributed by atoms with Gasteiger partial charge in [-0.1, -0.05) is 19.1 Å². The molecule has 5 nitrogen and oxygen atoms in total. The first-order valence-corrected chi connectivity index (χ1v) is 8.54. The molecule has 0 saturated carbocycles. The molecule has 0 amide bonds. The zero-order valence-electron chi connectivity index (χ0n) is 15.0. The molecule has 26 heavy (non-hydrogen) atoms. The van der Waals surface area contributed by atoms with E-state index in [0.29, 0.717) is 29.7 Å². The number of methoxy groups -OCH3 is 1. The van der Waals surface area contributed by atoms with Gasteiger partial charge in [0.25, 0.3) is 0 Å². The Bertz CT molecular complexity index is 940. The Morgan fingerprint density at radius 2 is 1.85 bits per heavy atom. The van der Waals surface area contributed by atoms with E-state index in [1.54, 1.807) is 38.1 Å². The van der Waals surface area contributed by atoms with Crippen molar-refractivity contribution in [3.63, 3.8) is 0 Å². The second-order valence-corrected chi connectivity index (χ2v) is 6.38. The minimum atomic E-state index is -0.437. The third-order valence-corrected chi connectivity index (χ3v) is 4.87. The maximum atomic E-state index is 13.1. The van der Waals surface area contributed by atoms with Crippen LogP contribution in [0.3, 0.4) is 0 Å². The van der Waals surface area contributed by atoms with Crippen molar-refractivity contribution in [1.82, 2.24) is 0 Å². The van der Waals surface area contributed by atoms with Crippen LogP contribution in [-0.2, 0) is 11.2 Å². The minimum Gasteiger partial charge on any atom is -0.507 e. The Kier molecular flexibility index (Phi) is 4.64. The minimum absolute atomic E-state index is 0.00320. The van der Waals surface area contributed by atoms with Crippen LogP contribution in [0.4, 0.5) is 0 Å². The quantitative estimate of drug-likeness (QED) is 0.761. The summed E-state index contributed by atoms with van der Waals surface area (Å²) in [5, 5.41) is 10.8. The van der Waals surface area contributed by atoms with Crippen molar-refractivity contribution in [2.24, 2.45) is 0 Å². The van der Waals surface area contributed by atoms with Crippen molar-refractivity contribution in [3.05, 3.63) is 57.6 Å². The predicted molar refractivity (Wildman–Crippen MR) is 96.3 cm³/mol. The highest BCUT2D eigenvalue weighted by Gasteiger charge is 2.35. The number of carbonyl (C=O) groups is 3. The number of rotatable bonds is 5. The van der Waals surface area contributed by atoms with Gasteiger partial charge in [-0.2, -0.15) is 0 Å². The molecule has 0 heterocycles. The van der Waals surface area contributed by atoms with E-state index in [1.807, 2.05) is 0 Å². The molecule has 134 valence electrons. The second kappa shape index (κ2) is 6.75. The van der Waals surface area contributed by atoms with Gasteiger partial charge in [0.2, 0.25) is 5.78 Å². The Labute approximate surface area is 151 Å². The van der Waals surface area contributed by atoms with Crippen molar-refractivity contribution in [1.29, 1.82) is 0 Å². The van der Waals surface area contributed by atoms with Gasteiger partial charge < -0.3 is 9.84 Å².